The highest BCUT2D eigenvalue weighted by Gasteiger charge is 2.61. The highest BCUT2D eigenvalue weighted by Crippen LogP contribution is 2.62. The zero-order chi connectivity index (χ0) is 19.2. The Morgan fingerprint density at radius 2 is 2.07 bits per heavy atom. The molecular formula is C20H21FN4O2. The molecule has 4 rings (SSSR count). The van der Waals surface area contributed by atoms with Gasteiger partial charge in [-0.3, -0.25) is 9.78 Å². The minimum absolute atomic E-state index is 0.0627. The van der Waals surface area contributed by atoms with Gasteiger partial charge in [-0.05, 0) is 56.5 Å². The van der Waals surface area contributed by atoms with Gasteiger partial charge in [0.25, 0.3) is 11.9 Å². The van der Waals surface area contributed by atoms with Gasteiger partial charge in [0.05, 0.1) is 6.61 Å². The van der Waals surface area contributed by atoms with Crippen LogP contribution in [0.5, 0.6) is 0 Å². The number of hydrogen-bond acceptors (Lipinski definition) is 5. The molecule has 140 valence electrons. The molecule has 0 radical (unpaired) electrons. The molecule has 1 amide bonds. The van der Waals surface area contributed by atoms with E-state index in [9.17, 15) is 9.18 Å². The smallest absolute Gasteiger partial charge is 0.282 e. The number of hydrogen-bond donors (Lipinski definition) is 2. The number of aliphatic imine (C=N–C) groups is 1. The van der Waals surface area contributed by atoms with Crippen molar-refractivity contribution >= 4 is 17.6 Å². The number of benzene rings is 1. The van der Waals surface area contributed by atoms with E-state index >= 15 is 0 Å². The highest BCUT2D eigenvalue weighted by molar-refractivity contribution is 6.02. The number of carbonyl (C=O) groups excluding carboxylic acids is 1. The van der Waals surface area contributed by atoms with Crippen molar-refractivity contribution in [3.8, 4) is 0 Å². The topological polar surface area (TPSA) is 89.6 Å². The summed E-state index contributed by atoms with van der Waals surface area (Å²) in [6.07, 6.45) is 3.41. The number of aryl methyl sites for hydroxylation is 1. The van der Waals surface area contributed by atoms with Crippen LogP contribution in [0.1, 0.15) is 41.4 Å². The van der Waals surface area contributed by atoms with Crippen LogP contribution in [0.25, 0.3) is 0 Å². The fraction of sp³-hybridized carbons (Fsp3) is 0.350. The van der Waals surface area contributed by atoms with Gasteiger partial charge in [0, 0.05) is 22.9 Å². The lowest BCUT2D eigenvalue weighted by Gasteiger charge is -2.38. The summed E-state index contributed by atoms with van der Waals surface area (Å²) in [4.78, 5) is 21.0. The summed E-state index contributed by atoms with van der Waals surface area (Å²) in [7, 11) is 0. The van der Waals surface area contributed by atoms with Crippen molar-refractivity contribution in [1.82, 2.24) is 4.98 Å². The molecule has 7 heteroatoms. The van der Waals surface area contributed by atoms with Gasteiger partial charge in [-0.1, -0.05) is 6.07 Å². The SMILES string of the molecule is Cc1ccc(C(=O)Nc2ccc(F)c([C@@]3(C)N=C(N)OCC34CC4)c2)nc1. The van der Waals surface area contributed by atoms with Crippen LogP contribution in [-0.4, -0.2) is 23.5 Å². The van der Waals surface area contributed by atoms with Gasteiger partial charge in [0.1, 0.15) is 17.1 Å². The second kappa shape index (κ2) is 6.04. The second-order valence-electron chi connectivity index (χ2n) is 7.46. The van der Waals surface area contributed by atoms with Crippen LogP contribution in [0, 0.1) is 18.2 Å². The molecule has 2 aliphatic rings. The van der Waals surface area contributed by atoms with E-state index in [-0.39, 0.29) is 23.2 Å². The van der Waals surface area contributed by atoms with Crippen LogP contribution >= 0.6 is 0 Å². The quantitative estimate of drug-likeness (QED) is 0.871. The average molecular weight is 368 g/mol. The summed E-state index contributed by atoms with van der Waals surface area (Å²) in [6.45, 7) is 4.19. The largest absolute Gasteiger partial charge is 0.465 e. The molecule has 1 saturated carbocycles. The Morgan fingerprint density at radius 1 is 1.30 bits per heavy atom. The summed E-state index contributed by atoms with van der Waals surface area (Å²) < 4.78 is 20.1. The number of anilines is 1. The van der Waals surface area contributed by atoms with Crippen molar-refractivity contribution in [2.45, 2.75) is 32.2 Å². The van der Waals surface area contributed by atoms with Gasteiger partial charge in [-0.2, -0.15) is 0 Å². The van der Waals surface area contributed by atoms with Crippen LogP contribution in [0.15, 0.2) is 41.5 Å². The molecule has 1 spiro atoms. The molecule has 1 atom stereocenters. The molecule has 1 aliphatic carbocycles. The van der Waals surface area contributed by atoms with Crippen molar-refractivity contribution in [3.63, 3.8) is 0 Å². The van der Waals surface area contributed by atoms with Gasteiger partial charge in [-0.25, -0.2) is 9.38 Å². The Labute approximate surface area is 156 Å². The zero-order valence-corrected chi connectivity index (χ0v) is 15.3. The van der Waals surface area contributed by atoms with E-state index in [0.29, 0.717) is 23.6 Å². The van der Waals surface area contributed by atoms with Gasteiger partial charge < -0.3 is 15.8 Å². The van der Waals surface area contributed by atoms with E-state index in [2.05, 4.69) is 15.3 Å². The summed E-state index contributed by atoms with van der Waals surface area (Å²) in [6, 6.07) is 8.03. The monoisotopic (exact) mass is 368 g/mol. The molecular weight excluding hydrogens is 347 g/mol. The van der Waals surface area contributed by atoms with Gasteiger partial charge in [-0.15, -0.1) is 0 Å². The predicted octanol–water partition coefficient (Wildman–Crippen LogP) is 3.12. The van der Waals surface area contributed by atoms with Crippen LogP contribution in [0.2, 0.25) is 0 Å². The van der Waals surface area contributed by atoms with E-state index in [4.69, 9.17) is 10.5 Å². The lowest BCUT2D eigenvalue weighted by Crippen LogP contribution is -2.43. The molecule has 1 aliphatic heterocycles. The van der Waals surface area contributed by atoms with Gasteiger partial charge >= 0.3 is 0 Å². The fourth-order valence-electron chi connectivity index (χ4n) is 3.63. The molecule has 0 unspecified atom stereocenters. The summed E-state index contributed by atoms with van der Waals surface area (Å²) >= 11 is 0. The van der Waals surface area contributed by atoms with E-state index in [1.54, 1.807) is 18.3 Å². The first-order valence-corrected chi connectivity index (χ1v) is 8.85. The van der Waals surface area contributed by atoms with E-state index in [1.807, 2.05) is 19.9 Å². The Morgan fingerprint density at radius 3 is 2.74 bits per heavy atom. The van der Waals surface area contributed by atoms with Crippen LogP contribution in [0.3, 0.4) is 0 Å². The summed E-state index contributed by atoms with van der Waals surface area (Å²) in [5, 5.41) is 2.78. The first-order valence-electron chi connectivity index (χ1n) is 8.85. The molecule has 0 bridgehead atoms. The minimum atomic E-state index is -0.831. The number of nitrogens with zero attached hydrogens (tertiary/aromatic N) is 2. The lowest BCUT2D eigenvalue weighted by atomic mass is 9.76. The van der Waals surface area contributed by atoms with Crippen LogP contribution < -0.4 is 11.1 Å². The molecule has 0 saturated heterocycles. The third-order valence-electron chi connectivity index (χ3n) is 5.61. The first-order chi connectivity index (χ1) is 12.8. The maximum absolute atomic E-state index is 14.7. The van der Waals surface area contributed by atoms with Crippen molar-refractivity contribution in [1.29, 1.82) is 0 Å². The fourth-order valence-corrected chi connectivity index (χ4v) is 3.63. The Hall–Kier alpha value is -2.96. The van der Waals surface area contributed by atoms with Gasteiger partial charge in [0.15, 0.2) is 0 Å². The Kier molecular flexibility index (Phi) is 3.91. The number of carbonyl (C=O) groups is 1. The number of pyridine rings is 1. The number of rotatable bonds is 3. The van der Waals surface area contributed by atoms with E-state index in [1.165, 1.54) is 12.1 Å². The van der Waals surface area contributed by atoms with Crippen LogP contribution in [0.4, 0.5) is 10.1 Å². The number of halogens is 1. The van der Waals surface area contributed by atoms with Crippen molar-refractivity contribution < 1.29 is 13.9 Å². The number of nitrogens with one attached hydrogen (secondary N) is 1. The zero-order valence-electron chi connectivity index (χ0n) is 15.3. The number of amidine groups is 1. The molecule has 27 heavy (non-hydrogen) atoms. The maximum Gasteiger partial charge on any atom is 0.282 e. The number of aromatic nitrogens is 1. The molecule has 2 heterocycles. The van der Waals surface area contributed by atoms with Crippen LogP contribution in [-0.2, 0) is 10.3 Å². The normalized spacial score (nSPS) is 22.7. The molecule has 1 fully saturated rings. The number of nitrogens with two attached hydrogens (primary N) is 1. The van der Waals surface area contributed by atoms with Crippen molar-refractivity contribution in [3.05, 3.63) is 59.2 Å². The van der Waals surface area contributed by atoms with Gasteiger partial charge in [0.2, 0.25) is 0 Å². The Balaban J connectivity index is 1.67. The predicted molar refractivity (Wildman–Crippen MR) is 99.9 cm³/mol. The molecule has 6 nitrogen and oxygen atoms in total. The maximum atomic E-state index is 14.7. The minimum Gasteiger partial charge on any atom is -0.465 e. The molecule has 2 aromatic rings. The second-order valence-corrected chi connectivity index (χ2v) is 7.46. The first kappa shape index (κ1) is 17.5. The highest BCUT2D eigenvalue weighted by atomic mass is 19.1. The molecule has 3 N–H and O–H groups in total. The summed E-state index contributed by atoms with van der Waals surface area (Å²) in [5.74, 6) is -0.734. The van der Waals surface area contributed by atoms with E-state index in [0.717, 1.165) is 18.4 Å². The number of ether oxygens (including phenoxy) is 1. The molecule has 1 aromatic heterocycles. The third-order valence-corrected chi connectivity index (χ3v) is 5.61. The standard InChI is InChI=1S/C20H21FN4O2/c1-12-3-6-16(23-10-12)17(26)24-13-4-5-15(21)14(9-13)19(2)20(7-8-20)11-27-18(22)25-19/h3-6,9-10H,7-8,11H2,1-2H3,(H2,22,25)(H,24,26)/t19-/m1/s1. The van der Waals surface area contributed by atoms with E-state index < -0.39 is 5.54 Å². The lowest BCUT2D eigenvalue weighted by molar-refractivity contribution is 0.102. The number of amides is 1. The van der Waals surface area contributed by atoms with Crippen molar-refractivity contribution in [2.24, 2.45) is 16.1 Å². The van der Waals surface area contributed by atoms with Crippen molar-refractivity contribution in [2.75, 3.05) is 11.9 Å². The molecule has 1 aromatic carbocycles. The summed E-state index contributed by atoms with van der Waals surface area (Å²) in [5.41, 5.74) is 6.85. The third kappa shape index (κ3) is 2.93. The Bertz CT molecular complexity index is 937. The average Bonchev–Trinajstić information content (AvgIpc) is 3.42.